The number of halogens is 1. The van der Waals surface area contributed by atoms with Crippen molar-refractivity contribution in [1.82, 2.24) is 5.32 Å². The summed E-state index contributed by atoms with van der Waals surface area (Å²) in [6.45, 7) is 0.508. The number of hydrogen-bond acceptors (Lipinski definition) is 4. The van der Waals surface area contributed by atoms with Crippen molar-refractivity contribution >= 4 is 22.9 Å². The van der Waals surface area contributed by atoms with Gasteiger partial charge in [-0.1, -0.05) is 11.6 Å². The van der Waals surface area contributed by atoms with E-state index in [-0.39, 0.29) is 19.3 Å². The summed E-state index contributed by atoms with van der Waals surface area (Å²) in [7, 11) is 0. The van der Waals surface area contributed by atoms with Crippen LogP contribution in [0.1, 0.15) is 4.88 Å². The molecule has 1 rings (SSSR count). The highest BCUT2D eigenvalue weighted by Gasteiger charge is 2.05. The summed E-state index contributed by atoms with van der Waals surface area (Å²) in [6, 6.07) is 1.62. The lowest BCUT2D eigenvalue weighted by Crippen LogP contribution is -2.34. The van der Waals surface area contributed by atoms with Crippen LogP contribution in [-0.4, -0.2) is 29.5 Å². The summed E-state index contributed by atoms with van der Waals surface area (Å²) in [5.74, 6) is 0. The predicted octanol–water partition coefficient (Wildman–Crippen LogP) is 0.844. The van der Waals surface area contributed by atoms with Crippen molar-refractivity contribution in [2.24, 2.45) is 0 Å². The molecule has 0 spiro atoms. The average molecular weight is 222 g/mol. The molecule has 3 nitrogen and oxygen atoms in total. The minimum absolute atomic E-state index is 0.0599. The fraction of sp³-hybridized carbons (Fsp3) is 0.500. The fourth-order valence-electron chi connectivity index (χ4n) is 0.878. The van der Waals surface area contributed by atoms with Crippen LogP contribution in [0.5, 0.6) is 0 Å². The fourth-order valence-corrected chi connectivity index (χ4v) is 1.90. The molecule has 0 aliphatic rings. The molecule has 0 amide bonds. The summed E-state index contributed by atoms with van der Waals surface area (Å²) in [4.78, 5) is 1.09. The number of nitrogens with one attached hydrogen (secondary N) is 1. The highest BCUT2D eigenvalue weighted by molar-refractivity contribution is 7.10. The third-order valence-electron chi connectivity index (χ3n) is 1.63. The normalized spacial score (nSPS) is 11.1. The molecule has 0 radical (unpaired) electrons. The maximum Gasteiger partial charge on any atom is 0.0607 e. The van der Waals surface area contributed by atoms with Crippen LogP contribution in [-0.2, 0) is 6.54 Å². The Labute approximate surface area is 86.0 Å². The molecule has 0 aliphatic carbocycles. The molecular formula is C8H12ClNO2S. The van der Waals surface area contributed by atoms with Crippen molar-refractivity contribution in [2.45, 2.75) is 12.6 Å². The first-order chi connectivity index (χ1) is 6.26. The Hall–Kier alpha value is -0.130. The van der Waals surface area contributed by atoms with Crippen LogP contribution in [0.2, 0.25) is 5.02 Å². The number of aliphatic hydroxyl groups excluding tert-OH is 2. The summed E-state index contributed by atoms with van der Waals surface area (Å²) in [5.41, 5.74) is 0. The van der Waals surface area contributed by atoms with Crippen LogP contribution in [0.3, 0.4) is 0 Å². The van der Waals surface area contributed by atoms with Gasteiger partial charge in [0.2, 0.25) is 0 Å². The van der Waals surface area contributed by atoms with Crippen molar-refractivity contribution < 1.29 is 10.2 Å². The molecule has 3 N–H and O–H groups in total. The Morgan fingerprint density at radius 1 is 1.46 bits per heavy atom. The largest absolute Gasteiger partial charge is 0.395 e. The van der Waals surface area contributed by atoms with Crippen LogP contribution < -0.4 is 5.32 Å². The maximum absolute atomic E-state index is 8.76. The Morgan fingerprint density at radius 3 is 2.62 bits per heavy atom. The van der Waals surface area contributed by atoms with Gasteiger partial charge in [0.15, 0.2) is 0 Å². The standard InChI is InChI=1S/C8H12ClNO2S/c9-6-1-8(13-5-6)2-10-7(3-11)4-12/h1,5,7,10-12H,2-4H2. The van der Waals surface area contributed by atoms with E-state index >= 15 is 0 Å². The SMILES string of the molecule is OCC(CO)NCc1cc(Cl)cs1. The zero-order chi connectivity index (χ0) is 9.68. The van der Waals surface area contributed by atoms with Crippen molar-refractivity contribution in [2.75, 3.05) is 13.2 Å². The first-order valence-corrected chi connectivity index (χ1v) is 5.20. The molecule has 1 heterocycles. The monoisotopic (exact) mass is 221 g/mol. The molecule has 0 aliphatic heterocycles. The smallest absolute Gasteiger partial charge is 0.0607 e. The maximum atomic E-state index is 8.76. The summed E-state index contributed by atoms with van der Waals surface area (Å²) in [6.07, 6.45) is 0. The lowest BCUT2D eigenvalue weighted by molar-refractivity contribution is 0.170. The second kappa shape index (κ2) is 5.57. The van der Waals surface area contributed by atoms with E-state index in [9.17, 15) is 0 Å². The third kappa shape index (κ3) is 3.62. The third-order valence-corrected chi connectivity index (χ3v) is 2.91. The van der Waals surface area contributed by atoms with Gasteiger partial charge in [0.25, 0.3) is 0 Å². The first-order valence-electron chi connectivity index (χ1n) is 3.94. The first kappa shape index (κ1) is 10.9. The molecule has 1 aromatic heterocycles. The van der Waals surface area contributed by atoms with E-state index in [1.54, 1.807) is 11.3 Å². The summed E-state index contributed by atoms with van der Waals surface area (Å²) in [5, 5.41) is 23.1. The Bertz CT molecular complexity index is 250. The number of rotatable bonds is 5. The Kier molecular flexibility index (Phi) is 4.69. The van der Waals surface area contributed by atoms with Gasteiger partial charge in [0.05, 0.1) is 24.3 Å². The van der Waals surface area contributed by atoms with Crippen LogP contribution in [0, 0.1) is 0 Å². The van der Waals surface area contributed by atoms with Gasteiger partial charge in [0.1, 0.15) is 0 Å². The predicted molar refractivity (Wildman–Crippen MR) is 54.1 cm³/mol. The molecule has 5 heteroatoms. The van der Waals surface area contributed by atoms with Gasteiger partial charge < -0.3 is 15.5 Å². The molecule has 0 aromatic carbocycles. The van der Waals surface area contributed by atoms with E-state index in [4.69, 9.17) is 21.8 Å². The van der Waals surface area contributed by atoms with Gasteiger partial charge in [-0.25, -0.2) is 0 Å². The van der Waals surface area contributed by atoms with Crippen LogP contribution in [0.15, 0.2) is 11.4 Å². The summed E-state index contributed by atoms with van der Waals surface area (Å²) < 4.78 is 0. The molecule has 0 bridgehead atoms. The van der Waals surface area contributed by atoms with E-state index in [0.29, 0.717) is 6.54 Å². The van der Waals surface area contributed by atoms with Crippen LogP contribution in [0.4, 0.5) is 0 Å². The van der Waals surface area contributed by atoms with E-state index in [2.05, 4.69) is 5.32 Å². The quantitative estimate of drug-likeness (QED) is 0.691. The second-order valence-corrected chi connectivity index (χ2v) is 4.11. The molecule has 13 heavy (non-hydrogen) atoms. The van der Waals surface area contributed by atoms with Gasteiger partial charge in [-0.3, -0.25) is 0 Å². The highest BCUT2D eigenvalue weighted by Crippen LogP contribution is 2.18. The van der Waals surface area contributed by atoms with Gasteiger partial charge in [0, 0.05) is 16.8 Å². The average Bonchev–Trinajstić information content (AvgIpc) is 2.53. The summed E-state index contributed by atoms with van der Waals surface area (Å²) >= 11 is 7.28. The van der Waals surface area contributed by atoms with E-state index < -0.39 is 0 Å². The topological polar surface area (TPSA) is 52.5 Å². The van der Waals surface area contributed by atoms with E-state index in [0.717, 1.165) is 9.90 Å². The highest BCUT2D eigenvalue weighted by atomic mass is 35.5. The van der Waals surface area contributed by atoms with Crippen molar-refractivity contribution in [3.63, 3.8) is 0 Å². The lowest BCUT2D eigenvalue weighted by Gasteiger charge is -2.11. The van der Waals surface area contributed by atoms with Gasteiger partial charge in [-0.2, -0.15) is 0 Å². The molecule has 1 aromatic rings. The molecule has 0 saturated carbocycles. The zero-order valence-corrected chi connectivity index (χ0v) is 8.61. The van der Waals surface area contributed by atoms with Crippen molar-refractivity contribution in [1.29, 1.82) is 0 Å². The Morgan fingerprint density at radius 2 is 2.15 bits per heavy atom. The molecule has 0 unspecified atom stereocenters. The number of aliphatic hydroxyl groups is 2. The second-order valence-electron chi connectivity index (χ2n) is 2.67. The van der Waals surface area contributed by atoms with Gasteiger partial charge in [-0.15, -0.1) is 11.3 Å². The Balaban J connectivity index is 2.33. The molecule has 0 saturated heterocycles. The van der Waals surface area contributed by atoms with E-state index in [1.165, 1.54) is 0 Å². The van der Waals surface area contributed by atoms with Crippen LogP contribution in [0.25, 0.3) is 0 Å². The lowest BCUT2D eigenvalue weighted by atomic mass is 10.3. The van der Waals surface area contributed by atoms with Crippen molar-refractivity contribution in [3.8, 4) is 0 Å². The minimum Gasteiger partial charge on any atom is -0.395 e. The number of thiophene rings is 1. The molecular weight excluding hydrogens is 210 g/mol. The molecule has 74 valence electrons. The number of hydrogen-bond donors (Lipinski definition) is 3. The zero-order valence-electron chi connectivity index (χ0n) is 7.03. The van der Waals surface area contributed by atoms with Crippen molar-refractivity contribution in [3.05, 3.63) is 21.3 Å². The molecule has 0 atom stereocenters. The van der Waals surface area contributed by atoms with Crippen LogP contribution >= 0.6 is 22.9 Å². The van der Waals surface area contributed by atoms with Gasteiger partial charge in [-0.05, 0) is 6.07 Å². The molecule has 0 fully saturated rings. The van der Waals surface area contributed by atoms with E-state index in [1.807, 2.05) is 11.4 Å². The minimum atomic E-state index is -0.249. The van der Waals surface area contributed by atoms with Gasteiger partial charge >= 0.3 is 0 Å².